The number of hydrogen-bond acceptors (Lipinski definition) is 11. The van der Waals surface area contributed by atoms with Crippen molar-refractivity contribution in [3.05, 3.63) is 30.3 Å². The first-order valence-corrected chi connectivity index (χ1v) is 14.1. The minimum Gasteiger partial charge on any atom is -0.471 e. The molecule has 4 aromatic rings. The van der Waals surface area contributed by atoms with Crippen LogP contribution in [0.1, 0.15) is 13.3 Å². The van der Waals surface area contributed by atoms with E-state index in [4.69, 9.17) is 9.47 Å². The molecule has 194 valence electrons. The molecule has 11 nitrogen and oxygen atoms in total. The molecule has 2 aliphatic heterocycles. The highest BCUT2D eigenvalue weighted by atomic mass is 32.2. The number of aromatic nitrogens is 5. The van der Waals surface area contributed by atoms with Crippen LogP contribution in [0.2, 0.25) is 0 Å². The molecule has 0 spiro atoms. The Morgan fingerprint density at radius 2 is 2.05 bits per heavy atom. The van der Waals surface area contributed by atoms with E-state index in [1.54, 1.807) is 10.6 Å². The molecule has 0 radical (unpaired) electrons. The molecule has 0 bridgehead atoms. The lowest BCUT2D eigenvalue weighted by Crippen LogP contribution is -2.48. The van der Waals surface area contributed by atoms with Crippen LogP contribution in [0, 0.1) is 0 Å². The number of carbonyl (C=O) groups is 1. The number of benzene rings is 1. The molecule has 1 amide bonds. The maximum absolute atomic E-state index is 12.6. The summed E-state index contributed by atoms with van der Waals surface area (Å²) in [5.74, 6) is 0.497. The summed E-state index contributed by atoms with van der Waals surface area (Å²) in [5.41, 5.74) is 1.50. The van der Waals surface area contributed by atoms with Crippen molar-refractivity contribution >= 4 is 50.0 Å². The van der Waals surface area contributed by atoms with E-state index in [0.717, 1.165) is 54.3 Å². The van der Waals surface area contributed by atoms with Gasteiger partial charge in [0.25, 0.3) is 0 Å². The molecule has 2 fully saturated rings. The number of thiazole rings is 1. The number of amides is 1. The molecule has 1 unspecified atom stereocenters. The molecule has 13 heteroatoms. The third-order valence-electron chi connectivity index (χ3n) is 6.48. The molecule has 3 aromatic heterocycles. The quantitative estimate of drug-likeness (QED) is 0.358. The zero-order chi connectivity index (χ0) is 25.2. The zero-order valence-corrected chi connectivity index (χ0v) is 22.1. The third-order valence-corrected chi connectivity index (χ3v) is 8.34. The van der Waals surface area contributed by atoms with Crippen molar-refractivity contribution < 1.29 is 14.3 Å². The Morgan fingerprint density at radius 3 is 2.86 bits per heavy atom. The number of rotatable bonds is 8. The number of piperazine rings is 1. The molecule has 6 rings (SSSR count). The van der Waals surface area contributed by atoms with Gasteiger partial charge in [-0.25, -0.2) is 4.98 Å². The first kappa shape index (κ1) is 24.5. The number of fused-ring (bicyclic) bond motifs is 2. The standard InChI is InChI=1S/C24H28N8O3S2/c1-2-30-8-10-31(11-9-30)14-21(33)26-23-25-18-4-3-17(13-19(18)37-23)36-24-28-27-20-5-6-22(29-32(20)24)35-16-7-12-34-15-16/h3-6,13,16H,2,7-12,14-15H2,1H3,(H,25,26,33). The van der Waals surface area contributed by atoms with E-state index in [2.05, 4.69) is 48.4 Å². The third kappa shape index (κ3) is 5.70. The van der Waals surface area contributed by atoms with Gasteiger partial charge < -0.3 is 19.7 Å². The molecule has 1 atom stereocenters. The molecule has 0 saturated carbocycles. The van der Waals surface area contributed by atoms with Crippen LogP contribution in [-0.2, 0) is 9.53 Å². The Balaban J connectivity index is 1.12. The summed E-state index contributed by atoms with van der Waals surface area (Å²) in [7, 11) is 0. The lowest BCUT2D eigenvalue weighted by molar-refractivity contribution is -0.117. The van der Waals surface area contributed by atoms with Crippen LogP contribution in [-0.4, -0.2) is 99.1 Å². The second-order valence-electron chi connectivity index (χ2n) is 9.04. The first-order valence-electron chi connectivity index (χ1n) is 12.4. The SMILES string of the molecule is CCN1CCN(CC(=O)Nc2nc3ccc(Sc4nnc5ccc(OC6CCOC6)nn45)cc3s2)CC1. The van der Waals surface area contributed by atoms with E-state index in [-0.39, 0.29) is 12.0 Å². The number of ether oxygens (including phenoxy) is 2. The average molecular weight is 541 g/mol. The normalized spacial score (nSPS) is 19.1. The van der Waals surface area contributed by atoms with Crippen LogP contribution >= 0.6 is 23.1 Å². The van der Waals surface area contributed by atoms with Crippen molar-refractivity contribution in [2.45, 2.75) is 29.5 Å². The fourth-order valence-corrected chi connectivity index (χ4v) is 6.23. The van der Waals surface area contributed by atoms with E-state index in [9.17, 15) is 4.79 Å². The summed E-state index contributed by atoms with van der Waals surface area (Å²) in [6, 6.07) is 9.65. The summed E-state index contributed by atoms with van der Waals surface area (Å²) < 4.78 is 14.0. The molecule has 2 aliphatic rings. The average Bonchev–Trinajstić information content (AvgIpc) is 3.65. The summed E-state index contributed by atoms with van der Waals surface area (Å²) in [4.78, 5) is 22.8. The molecule has 1 N–H and O–H groups in total. The van der Waals surface area contributed by atoms with Crippen molar-refractivity contribution in [2.75, 3.05) is 57.8 Å². The van der Waals surface area contributed by atoms with Crippen LogP contribution in [0.3, 0.4) is 0 Å². The minimum atomic E-state index is -0.0261. The number of hydrogen-bond donors (Lipinski definition) is 1. The molecular formula is C24H28N8O3S2. The summed E-state index contributed by atoms with van der Waals surface area (Å²) >= 11 is 2.93. The summed E-state index contributed by atoms with van der Waals surface area (Å²) in [5, 5.41) is 17.4. The van der Waals surface area contributed by atoms with Crippen molar-refractivity contribution in [3.63, 3.8) is 0 Å². The van der Waals surface area contributed by atoms with Crippen molar-refractivity contribution in [1.29, 1.82) is 0 Å². The molecule has 2 saturated heterocycles. The predicted octanol–water partition coefficient (Wildman–Crippen LogP) is 2.63. The highest BCUT2D eigenvalue weighted by Crippen LogP contribution is 2.33. The van der Waals surface area contributed by atoms with Gasteiger partial charge in [0.15, 0.2) is 10.8 Å². The lowest BCUT2D eigenvalue weighted by Gasteiger charge is -2.33. The van der Waals surface area contributed by atoms with Gasteiger partial charge in [-0.05, 0) is 42.6 Å². The van der Waals surface area contributed by atoms with Gasteiger partial charge in [-0.2, -0.15) is 4.52 Å². The molecular weight excluding hydrogens is 512 g/mol. The maximum atomic E-state index is 12.6. The fraction of sp³-hybridized carbons (Fsp3) is 0.458. The van der Waals surface area contributed by atoms with Gasteiger partial charge in [0, 0.05) is 43.6 Å². The second kappa shape index (κ2) is 10.9. The lowest BCUT2D eigenvalue weighted by atomic mass is 10.3. The van der Waals surface area contributed by atoms with Crippen LogP contribution in [0.15, 0.2) is 40.4 Å². The van der Waals surface area contributed by atoms with Crippen molar-refractivity contribution in [3.8, 4) is 5.88 Å². The fourth-order valence-electron chi connectivity index (χ4n) is 4.41. The topological polar surface area (TPSA) is 110 Å². The molecule has 1 aromatic carbocycles. The number of nitrogens with zero attached hydrogens (tertiary/aromatic N) is 7. The monoisotopic (exact) mass is 540 g/mol. The van der Waals surface area contributed by atoms with Gasteiger partial charge in [0.2, 0.25) is 16.9 Å². The van der Waals surface area contributed by atoms with E-state index in [1.807, 2.05) is 18.2 Å². The minimum absolute atomic E-state index is 0.0206. The van der Waals surface area contributed by atoms with E-state index < -0.39 is 0 Å². The van der Waals surface area contributed by atoms with E-state index in [1.165, 1.54) is 23.1 Å². The number of anilines is 1. The Bertz CT molecular complexity index is 1400. The van der Waals surface area contributed by atoms with Crippen LogP contribution in [0.4, 0.5) is 5.13 Å². The van der Waals surface area contributed by atoms with Crippen molar-refractivity contribution in [1.82, 2.24) is 34.6 Å². The van der Waals surface area contributed by atoms with Gasteiger partial charge in [-0.1, -0.05) is 18.3 Å². The highest BCUT2D eigenvalue weighted by molar-refractivity contribution is 7.99. The Labute approximate surface area is 222 Å². The van der Waals surface area contributed by atoms with Gasteiger partial charge in [0.05, 0.1) is 30.0 Å². The number of nitrogens with one attached hydrogen (secondary N) is 1. The van der Waals surface area contributed by atoms with Gasteiger partial charge in [-0.3, -0.25) is 9.69 Å². The summed E-state index contributed by atoms with van der Waals surface area (Å²) in [6.45, 7) is 8.75. The van der Waals surface area contributed by atoms with Gasteiger partial charge in [-0.15, -0.1) is 15.3 Å². The van der Waals surface area contributed by atoms with Crippen LogP contribution in [0.5, 0.6) is 5.88 Å². The summed E-state index contributed by atoms with van der Waals surface area (Å²) in [6.07, 6.45) is 0.878. The largest absolute Gasteiger partial charge is 0.471 e. The van der Waals surface area contributed by atoms with E-state index >= 15 is 0 Å². The van der Waals surface area contributed by atoms with Crippen LogP contribution in [0.25, 0.3) is 15.9 Å². The Kier molecular flexibility index (Phi) is 7.20. The highest BCUT2D eigenvalue weighted by Gasteiger charge is 2.20. The number of likely N-dealkylation sites (N-methyl/N-ethyl adjacent to an activating group) is 1. The zero-order valence-electron chi connectivity index (χ0n) is 20.5. The maximum Gasteiger partial charge on any atom is 0.240 e. The number of carbonyl (C=O) groups excluding carboxylic acids is 1. The Hall–Kier alpha value is -2.84. The molecule has 0 aliphatic carbocycles. The second-order valence-corrected chi connectivity index (χ2v) is 11.1. The molecule has 37 heavy (non-hydrogen) atoms. The smallest absolute Gasteiger partial charge is 0.240 e. The Morgan fingerprint density at radius 1 is 1.19 bits per heavy atom. The van der Waals surface area contributed by atoms with Gasteiger partial charge in [0.1, 0.15) is 6.10 Å². The predicted molar refractivity (Wildman–Crippen MR) is 142 cm³/mol. The van der Waals surface area contributed by atoms with E-state index in [0.29, 0.717) is 41.6 Å². The van der Waals surface area contributed by atoms with Crippen LogP contribution < -0.4 is 10.1 Å². The van der Waals surface area contributed by atoms with Gasteiger partial charge >= 0.3 is 0 Å². The first-order chi connectivity index (χ1) is 18.1. The molecule has 5 heterocycles. The van der Waals surface area contributed by atoms with Crippen molar-refractivity contribution in [2.24, 2.45) is 0 Å².